The van der Waals surface area contributed by atoms with Crippen LogP contribution in [0.1, 0.15) is 35.4 Å². The molecule has 2 aromatic carbocycles. The maximum Gasteiger partial charge on any atom is 0.191 e. The zero-order chi connectivity index (χ0) is 22.5. The van der Waals surface area contributed by atoms with Gasteiger partial charge in [-0.25, -0.2) is 8.78 Å². The lowest BCUT2D eigenvalue weighted by Gasteiger charge is -2.19. The highest BCUT2D eigenvalue weighted by atomic mass is 32.2. The van der Waals surface area contributed by atoms with Crippen molar-refractivity contribution in [2.75, 3.05) is 13.7 Å². The van der Waals surface area contributed by atoms with E-state index in [9.17, 15) is 8.78 Å². The first-order valence-electron chi connectivity index (χ1n) is 10.8. The number of rotatable bonds is 9. The van der Waals surface area contributed by atoms with Crippen LogP contribution in [0.15, 0.2) is 47.6 Å². The topological polar surface area (TPSA) is 43.2 Å². The summed E-state index contributed by atoms with van der Waals surface area (Å²) < 4.78 is 34.8. The molecule has 0 aliphatic carbocycles. The highest BCUT2D eigenvalue weighted by Gasteiger charge is 2.22. The van der Waals surface area contributed by atoms with E-state index >= 15 is 0 Å². The number of benzene rings is 2. The van der Waals surface area contributed by atoms with E-state index in [1.165, 1.54) is 23.3 Å². The van der Waals surface area contributed by atoms with Crippen molar-refractivity contribution in [1.29, 1.82) is 0 Å². The van der Waals surface area contributed by atoms with Gasteiger partial charge in [-0.15, -0.1) is 10.2 Å². The standard InChI is InChI=1S/C24H28F2N4OS/c1-17-6-3-4-7-19(17)16-32-24-28-27-23(30(24)14-20-8-5-11-31-20)15-29(2)13-18-9-10-21(25)22(26)12-18/h3-4,6-7,9-10,12,20H,5,8,11,13-16H2,1-2H3/t20-/m1/s1. The van der Waals surface area contributed by atoms with Crippen LogP contribution in [0.2, 0.25) is 0 Å². The quantitative estimate of drug-likeness (QED) is 0.424. The summed E-state index contributed by atoms with van der Waals surface area (Å²) in [5, 5.41) is 9.81. The van der Waals surface area contributed by atoms with Crippen molar-refractivity contribution in [3.8, 4) is 0 Å². The summed E-state index contributed by atoms with van der Waals surface area (Å²) in [6.45, 7) is 4.66. The van der Waals surface area contributed by atoms with Crippen LogP contribution in [0.4, 0.5) is 8.78 Å². The predicted molar refractivity (Wildman–Crippen MR) is 121 cm³/mol. The van der Waals surface area contributed by atoms with Gasteiger partial charge in [0.2, 0.25) is 0 Å². The summed E-state index contributed by atoms with van der Waals surface area (Å²) in [4.78, 5) is 2.03. The molecule has 0 unspecified atom stereocenters. The lowest BCUT2D eigenvalue weighted by atomic mass is 10.1. The number of hydrogen-bond donors (Lipinski definition) is 0. The Morgan fingerprint density at radius 1 is 1.12 bits per heavy atom. The van der Waals surface area contributed by atoms with Crippen LogP contribution in [0.25, 0.3) is 0 Å². The molecule has 8 heteroatoms. The summed E-state index contributed by atoms with van der Waals surface area (Å²) in [7, 11) is 1.94. The van der Waals surface area contributed by atoms with Gasteiger partial charge in [0, 0.05) is 18.9 Å². The molecule has 170 valence electrons. The molecule has 5 nitrogen and oxygen atoms in total. The first-order valence-corrected chi connectivity index (χ1v) is 11.8. The largest absolute Gasteiger partial charge is 0.376 e. The van der Waals surface area contributed by atoms with Crippen LogP contribution in [-0.4, -0.2) is 39.4 Å². The third kappa shape index (κ3) is 5.74. The monoisotopic (exact) mass is 458 g/mol. The van der Waals surface area contributed by atoms with Crippen LogP contribution < -0.4 is 0 Å². The van der Waals surface area contributed by atoms with E-state index in [4.69, 9.17) is 4.74 Å². The van der Waals surface area contributed by atoms with Crippen molar-refractivity contribution in [2.24, 2.45) is 0 Å². The highest BCUT2D eigenvalue weighted by Crippen LogP contribution is 2.26. The summed E-state index contributed by atoms with van der Waals surface area (Å²) in [5.74, 6) is 0.00864. The molecule has 1 atom stereocenters. The molecule has 32 heavy (non-hydrogen) atoms. The van der Waals surface area contributed by atoms with Crippen LogP contribution in [0.3, 0.4) is 0 Å². The molecule has 0 spiro atoms. The van der Waals surface area contributed by atoms with Gasteiger partial charge in [-0.3, -0.25) is 4.90 Å². The molecule has 0 N–H and O–H groups in total. The number of thioether (sulfide) groups is 1. The second-order valence-corrected chi connectivity index (χ2v) is 9.22. The van der Waals surface area contributed by atoms with Gasteiger partial charge < -0.3 is 9.30 Å². The summed E-state index contributed by atoms with van der Waals surface area (Å²) >= 11 is 1.68. The zero-order valence-electron chi connectivity index (χ0n) is 18.4. The van der Waals surface area contributed by atoms with Crippen molar-refractivity contribution in [3.63, 3.8) is 0 Å². The third-order valence-electron chi connectivity index (χ3n) is 5.67. The number of nitrogens with zero attached hydrogens (tertiary/aromatic N) is 4. The minimum atomic E-state index is -0.831. The normalized spacial score (nSPS) is 16.2. The third-order valence-corrected chi connectivity index (χ3v) is 6.69. The second-order valence-electron chi connectivity index (χ2n) is 8.28. The Morgan fingerprint density at radius 3 is 2.72 bits per heavy atom. The van der Waals surface area contributed by atoms with Crippen molar-refractivity contribution in [1.82, 2.24) is 19.7 Å². The summed E-state index contributed by atoms with van der Waals surface area (Å²) in [6.07, 6.45) is 2.27. The zero-order valence-corrected chi connectivity index (χ0v) is 19.2. The van der Waals surface area contributed by atoms with E-state index < -0.39 is 11.6 Å². The molecular formula is C24H28F2N4OS. The van der Waals surface area contributed by atoms with E-state index in [0.29, 0.717) is 18.7 Å². The fourth-order valence-corrected chi connectivity index (χ4v) is 4.92. The molecule has 0 bridgehead atoms. The minimum Gasteiger partial charge on any atom is -0.376 e. The smallest absolute Gasteiger partial charge is 0.191 e. The van der Waals surface area contributed by atoms with E-state index in [1.54, 1.807) is 17.8 Å². The first-order chi connectivity index (χ1) is 15.5. The van der Waals surface area contributed by atoms with Gasteiger partial charge in [-0.1, -0.05) is 42.1 Å². The lowest BCUT2D eigenvalue weighted by molar-refractivity contribution is 0.0934. The van der Waals surface area contributed by atoms with Gasteiger partial charge in [0.15, 0.2) is 16.8 Å². The summed E-state index contributed by atoms with van der Waals surface area (Å²) in [5.41, 5.74) is 3.25. The van der Waals surface area contributed by atoms with E-state index in [1.807, 2.05) is 18.0 Å². The average molecular weight is 459 g/mol. The number of aromatic nitrogens is 3. The fourth-order valence-electron chi connectivity index (χ4n) is 3.88. The highest BCUT2D eigenvalue weighted by molar-refractivity contribution is 7.98. The number of hydrogen-bond acceptors (Lipinski definition) is 5. The van der Waals surface area contributed by atoms with Crippen LogP contribution in [-0.2, 0) is 30.1 Å². The Labute approximate surface area is 191 Å². The molecule has 0 saturated carbocycles. The number of ether oxygens (including phenoxy) is 1. The molecule has 1 aliphatic rings. The van der Waals surface area contributed by atoms with E-state index in [-0.39, 0.29) is 6.10 Å². The van der Waals surface area contributed by atoms with E-state index in [0.717, 1.165) is 42.7 Å². The van der Waals surface area contributed by atoms with Gasteiger partial charge >= 0.3 is 0 Å². The van der Waals surface area contributed by atoms with Crippen LogP contribution >= 0.6 is 11.8 Å². The van der Waals surface area contributed by atoms with Crippen LogP contribution in [0, 0.1) is 18.6 Å². The van der Waals surface area contributed by atoms with Gasteiger partial charge in [-0.05, 0) is 55.6 Å². The van der Waals surface area contributed by atoms with Crippen molar-refractivity contribution < 1.29 is 13.5 Å². The van der Waals surface area contributed by atoms with Crippen LogP contribution in [0.5, 0.6) is 0 Å². The molecule has 1 fully saturated rings. The molecule has 4 rings (SSSR count). The maximum absolute atomic E-state index is 13.6. The molecule has 1 aliphatic heterocycles. The van der Waals surface area contributed by atoms with Gasteiger partial charge in [0.05, 0.1) is 19.2 Å². The Bertz CT molecular complexity index is 1050. The molecule has 3 aromatic rings. The molecule has 1 aromatic heterocycles. The number of aryl methyl sites for hydroxylation is 1. The molecule has 0 amide bonds. The summed E-state index contributed by atoms with van der Waals surface area (Å²) in [6, 6.07) is 12.4. The predicted octanol–water partition coefficient (Wildman–Crippen LogP) is 4.97. The van der Waals surface area contributed by atoms with E-state index in [2.05, 4.69) is 39.9 Å². The van der Waals surface area contributed by atoms with Crippen molar-refractivity contribution in [2.45, 2.75) is 56.4 Å². The van der Waals surface area contributed by atoms with Crippen molar-refractivity contribution >= 4 is 11.8 Å². The lowest BCUT2D eigenvalue weighted by Crippen LogP contribution is -2.23. The molecule has 1 saturated heterocycles. The van der Waals surface area contributed by atoms with Gasteiger partial charge in [0.1, 0.15) is 5.82 Å². The van der Waals surface area contributed by atoms with Gasteiger partial charge in [0.25, 0.3) is 0 Å². The maximum atomic E-state index is 13.6. The first kappa shape index (κ1) is 22.9. The Kier molecular flexibility index (Phi) is 7.55. The molecular weight excluding hydrogens is 430 g/mol. The van der Waals surface area contributed by atoms with Gasteiger partial charge in [-0.2, -0.15) is 0 Å². The van der Waals surface area contributed by atoms with Crippen molar-refractivity contribution in [3.05, 3.63) is 76.6 Å². The minimum absolute atomic E-state index is 0.166. The molecule has 2 heterocycles. The Hall–Kier alpha value is -2.29. The number of halogens is 2. The fraction of sp³-hybridized carbons (Fsp3) is 0.417. The SMILES string of the molecule is Cc1ccccc1CSc1nnc(CN(C)Cc2ccc(F)c(F)c2)n1C[C@H]1CCCO1. The average Bonchev–Trinajstić information content (AvgIpc) is 3.41. The Morgan fingerprint density at radius 2 is 1.97 bits per heavy atom. The molecule has 0 radical (unpaired) electrons. The second kappa shape index (κ2) is 10.6. The Balaban J connectivity index is 1.48.